The van der Waals surface area contributed by atoms with Crippen LogP contribution in [-0.2, 0) is 19.6 Å². The van der Waals surface area contributed by atoms with Crippen LogP contribution in [0.3, 0.4) is 0 Å². The van der Waals surface area contributed by atoms with E-state index in [0.717, 1.165) is 24.3 Å². The molecular weight excluding hydrogens is 337 g/mol. The van der Waals surface area contributed by atoms with Gasteiger partial charge in [0.15, 0.2) is 8.32 Å². The fourth-order valence-corrected chi connectivity index (χ4v) is 3.05. The Morgan fingerprint density at radius 2 is 1.43 bits per heavy atom. The predicted octanol–water partition coefficient (Wildman–Crippen LogP) is 2.80. The summed E-state index contributed by atoms with van der Waals surface area (Å²) in [7, 11) is -2.63. The van der Waals surface area contributed by atoms with E-state index in [1.54, 1.807) is 19.6 Å². The van der Waals surface area contributed by atoms with Gasteiger partial charge in [-0.15, -0.1) is 13.2 Å². The lowest BCUT2D eigenvalue weighted by atomic mass is 9.94. The van der Waals surface area contributed by atoms with Gasteiger partial charge >= 0.3 is 18.3 Å². The maximum Gasteiger partial charge on any atom is 0.573 e. The van der Waals surface area contributed by atoms with E-state index in [1.165, 1.54) is 0 Å². The highest BCUT2D eigenvalue weighted by Crippen LogP contribution is 2.33. The molecule has 0 saturated carbocycles. The van der Waals surface area contributed by atoms with Crippen molar-refractivity contribution in [1.29, 1.82) is 0 Å². The molecule has 0 aliphatic rings. The number of benzene rings is 1. The van der Waals surface area contributed by atoms with E-state index >= 15 is 0 Å². The van der Waals surface area contributed by atoms with Crippen LogP contribution in [0.15, 0.2) is 24.3 Å². The highest BCUT2D eigenvalue weighted by molar-refractivity contribution is 6.70. The third kappa shape index (κ3) is 4.70. The second kappa shape index (κ2) is 6.20. The molecule has 1 aromatic carbocycles. The van der Waals surface area contributed by atoms with Crippen molar-refractivity contribution >= 4 is 20.3 Å². The molecule has 128 valence electrons. The Morgan fingerprint density at radius 1 is 1.00 bits per heavy atom. The van der Waals surface area contributed by atoms with Crippen LogP contribution in [-0.4, -0.2) is 36.8 Å². The fraction of sp³-hybridized carbons (Fsp3) is 0.385. The molecule has 0 spiro atoms. The standard InChI is InChI=1S/C13H15F3O6Si/c1-23(2,3)22-12(10(17)18,11(19)20)8-4-6-9(7-5-8)21-13(14,15)16/h4-7H,1-3H3,(H,17,18)(H,19,20). The minimum atomic E-state index is -4.91. The van der Waals surface area contributed by atoms with Crippen LogP contribution in [0.25, 0.3) is 0 Å². The van der Waals surface area contributed by atoms with Gasteiger partial charge in [0.1, 0.15) is 5.75 Å². The molecule has 10 heteroatoms. The molecule has 0 heterocycles. The first kappa shape index (κ1) is 19.0. The maximum absolute atomic E-state index is 12.1. The quantitative estimate of drug-likeness (QED) is 0.604. The highest BCUT2D eigenvalue weighted by Gasteiger charge is 2.52. The molecule has 0 saturated heterocycles. The molecule has 0 fully saturated rings. The number of carboxylic acid groups (broad SMARTS) is 2. The Morgan fingerprint density at radius 3 is 1.74 bits per heavy atom. The summed E-state index contributed by atoms with van der Waals surface area (Å²) in [4.78, 5) is 23.1. The monoisotopic (exact) mass is 352 g/mol. The summed E-state index contributed by atoms with van der Waals surface area (Å²) in [5.74, 6) is -4.13. The maximum atomic E-state index is 12.1. The van der Waals surface area contributed by atoms with Crippen molar-refractivity contribution in [2.24, 2.45) is 0 Å². The van der Waals surface area contributed by atoms with E-state index in [9.17, 15) is 33.0 Å². The van der Waals surface area contributed by atoms with Gasteiger partial charge in [0, 0.05) is 5.56 Å². The molecule has 0 aliphatic heterocycles. The largest absolute Gasteiger partial charge is 0.573 e. The molecule has 1 aromatic rings. The van der Waals surface area contributed by atoms with Crippen molar-refractivity contribution in [1.82, 2.24) is 0 Å². The Labute approximate surface area is 130 Å². The molecule has 0 aliphatic carbocycles. The fourth-order valence-electron chi connectivity index (χ4n) is 1.84. The third-order valence-electron chi connectivity index (χ3n) is 2.56. The summed E-state index contributed by atoms with van der Waals surface area (Å²) >= 11 is 0. The topological polar surface area (TPSA) is 93.1 Å². The second-order valence-electron chi connectivity index (χ2n) is 5.58. The number of carboxylic acids is 2. The van der Waals surface area contributed by atoms with Gasteiger partial charge in [-0.05, 0) is 31.8 Å². The number of carbonyl (C=O) groups is 2. The molecule has 0 unspecified atom stereocenters. The zero-order valence-electron chi connectivity index (χ0n) is 12.5. The highest BCUT2D eigenvalue weighted by atomic mass is 28.4. The second-order valence-corrected chi connectivity index (χ2v) is 10.0. The lowest BCUT2D eigenvalue weighted by Gasteiger charge is -2.32. The SMILES string of the molecule is C[Si](C)(C)OC(C(=O)O)(C(=O)O)c1ccc(OC(F)(F)F)cc1. The van der Waals surface area contributed by atoms with E-state index in [2.05, 4.69) is 4.74 Å². The number of rotatable bonds is 6. The molecule has 0 aromatic heterocycles. The van der Waals surface area contributed by atoms with Crippen LogP contribution in [0.2, 0.25) is 19.6 Å². The van der Waals surface area contributed by atoms with E-state index in [-0.39, 0.29) is 5.56 Å². The van der Waals surface area contributed by atoms with Crippen molar-refractivity contribution in [3.8, 4) is 5.75 Å². The van der Waals surface area contributed by atoms with Gasteiger partial charge in [-0.3, -0.25) is 0 Å². The zero-order chi connectivity index (χ0) is 18.1. The average molecular weight is 352 g/mol. The Kier molecular flexibility index (Phi) is 5.12. The van der Waals surface area contributed by atoms with Crippen molar-refractivity contribution in [3.63, 3.8) is 0 Å². The van der Waals surface area contributed by atoms with Gasteiger partial charge in [0.2, 0.25) is 0 Å². The summed E-state index contributed by atoms with van der Waals surface area (Å²) in [5.41, 5.74) is -3.00. The summed E-state index contributed by atoms with van der Waals surface area (Å²) in [6, 6.07) is 3.50. The first-order valence-electron chi connectivity index (χ1n) is 6.31. The smallest absolute Gasteiger partial charge is 0.478 e. The lowest BCUT2D eigenvalue weighted by Crippen LogP contribution is -2.52. The molecule has 6 nitrogen and oxygen atoms in total. The number of halogens is 3. The molecule has 0 atom stereocenters. The number of alkyl halides is 3. The van der Waals surface area contributed by atoms with E-state index in [0.29, 0.717) is 0 Å². The molecule has 2 N–H and O–H groups in total. The first-order chi connectivity index (χ1) is 10.3. The van der Waals surface area contributed by atoms with E-state index in [1.807, 2.05) is 0 Å². The van der Waals surface area contributed by atoms with Crippen LogP contribution in [0, 0.1) is 0 Å². The first-order valence-corrected chi connectivity index (χ1v) is 9.72. The number of ether oxygens (including phenoxy) is 1. The van der Waals surface area contributed by atoms with Gasteiger partial charge in [-0.25, -0.2) is 9.59 Å². The average Bonchev–Trinajstić information content (AvgIpc) is 2.33. The van der Waals surface area contributed by atoms with Gasteiger partial charge < -0.3 is 19.4 Å². The van der Waals surface area contributed by atoms with Crippen LogP contribution in [0.1, 0.15) is 5.56 Å². The third-order valence-corrected chi connectivity index (χ3v) is 3.47. The predicted molar refractivity (Wildman–Crippen MR) is 74.5 cm³/mol. The van der Waals surface area contributed by atoms with E-state index < -0.39 is 38.0 Å². The molecule has 23 heavy (non-hydrogen) atoms. The molecular formula is C13H15F3O6Si. The van der Waals surface area contributed by atoms with Crippen molar-refractivity contribution in [2.45, 2.75) is 31.6 Å². The van der Waals surface area contributed by atoms with Crippen molar-refractivity contribution < 1.29 is 42.1 Å². The summed E-state index contributed by atoms with van der Waals surface area (Å²) in [5, 5.41) is 18.7. The lowest BCUT2D eigenvalue weighted by molar-refractivity contribution is -0.274. The molecule has 0 amide bonds. The normalized spacial score (nSPS) is 12.8. The van der Waals surface area contributed by atoms with Crippen LogP contribution in [0.5, 0.6) is 5.75 Å². The molecule has 0 bridgehead atoms. The summed E-state index contributed by atoms with van der Waals surface area (Å²) < 4.78 is 45.4. The van der Waals surface area contributed by atoms with Gasteiger partial charge in [-0.2, -0.15) is 0 Å². The summed E-state index contributed by atoms with van der Waals surface area (Å²) in [6.07, 6.45) is -4.91. The van der Waals surface area contributed by atoms with Gasteiger partial charge in [-0.1, -0.05) is 12.1 Å². The van der Waals surface area contributed by atoms with Crippen LogP contribution < -0.4 is 4.74 Å². The zero-order valence-corrected chi connectivity index (χ0v) is 13.5. The van der Waals surface area contributed by atoms with Gasteiger partial charge in [0.25, 0.3) is 5.60 Å². The Balaban J connectivity index is 3.33. The summed E-state index contributed by atoms with van der Waals surface area (Å²) in [6.45, 7) is 4.78. The number of hydrogen-bond donors (Lipinski definition) is 2. The van der Waals surface area contributed by atoms with Crippen LogP contribution >= 0.6 is 0 Å². The van der Waals surface area contributed by atoms with Gasteiger partial charge in [0.05, 0.1) is 0 Å². The Bertz CT molecular complexity index is 577. The van der Waals surface area contributed by atoms with Crippen molar-refractivity contribution in [3.05, 3.63) is 29.8 Å². The molecule has 1 rings (SSSR count). The minimum absolute atomic E-state index is 0.311. The Hall–Kier alpha value is -2.07. The van der Waals surface area contributed by atoms with Crippen molar-refractivity contribution in [2.75, 3.05) is 0 Å². The molecule has 0 radical (unpaired) electrons. The van der Waals surface area contributed by atoms with E-state index in [4.69, 9.17) is 4.43 Å². The minimum Gasteiger partial charge on any atom is -0.478 e. The number of hydrogen-bond acceptors (Lipinski definition) is 4. The number of aliphatic carboxylic acids is 2. The van der Waals surface area contributed by atoms with Crippen LogP contribution in [0.4, 0.5) is 13.2 Å².